The van der Waals surface area contributed by atoms with E-state index in [9.17, 15) is 29.0 Å². The van der Waals surface area contributed by atoms with Gasteiger partial charge in [-0.15, -0.1) is 0 Å². The van der Waals surface area contributed by atoms with Crippen LogP contribution in [-0.4, -0.2) is 64.1 Å². The molecular weight excluding hydrogens is 579 g/mol. The molecule has 3 aromatic rings. The molecule has 0 aliphatic heterocycles. The average molecular weight is 625 g/mol. The Balaban J connectivity index is 2.10. The minimum absolute atomic E-state index is 0.0101. The van der Waals surface area contributed by atoms with Crippen molar-refractivity contribution in [2.24, 2.45) is 0 Å². The van der Waals surface area contributed by atoms with Crippen molar-refractivity contribution in [1.29, 1.82) is 0 Å². The molecule has 0 bridgehead atoms. The van der Waals surface area contributed by atoms with Gasteiger partial charge in [0, 0.05) is 29.4 Å². The summed E-state index contributed by atoms with van der Waals surface area (Å²) in [5, 5.41) is 24.0. The van der Waals surface area contributed by atoms with Crippen molar-refractivity contribution in [2.75, 3.05) is 13.7 Å². The summed E-state index contributed by atoms with van der Waals surface area (Å²) in [6.45, 7) is 9.28. The van der Waals surface area contributed by atoms with Crippen LogP contribution in [0.25, 0.3) is 22.3 Å². The number of nitrogens with one attached hydrogen (secondary N) is 1. The maximum atomic E-state index is 14.1. The number of aliphatic hydroxyl groups is 2. The summed E-state index contributed by atoms with van der Waals surface area (Å²) in [7, 11) is 1.23. The number of aromatic nitrogens is 1. The first-order valence-electron chi connectivity index (χ1n) is 15.2. The Bertz CT molecular complexity index is 1440. The Kier molecular flexibility index (Phi) is 12.5. The molecule has 0 saturated heterocycles. The Morgan fingerprint density at radius 2 is 1.53 bits per heavy atom. The normalized spacial score (nSPS) is 12.9. The van der Waals surface area contributed by atoms with Crippen molar-refractivity contribution in [3.8, 4) is 22.3 Å². The molecular formula is C35H45FN2O7. The summed E-state index contributed by atoms with van der Waals surface area (Å²) >= 11 is 0. The number of carbonyl (C=O) groups excluding carboxylic acids is 3. The lowest BCUT2D eigenvalue weighted by atomic mass is 9.92. The molecule has 2 aromatic carbocycles. The fraction of sp³-hybridized carbons (Fsp3) is 0.457. The number of nitrogens with zero attached hydrogens (tertiary/aromatic N) is 1. The lowest BCUT2D eigenvalue weighted by Crippen LogP contribution is -2.31. The number of hydrogen-bond donors (Lipinski definition) is 3. The fourth-order valence-corrected chi connectivity index (χ4v) is 5.34. The number of rotatable bonds is 14. The monoisotopic (exact) mass is 624 g/mol. The first-order valence-corrected chi connectivity index (χ1v) is 15.2. The van der Waals surface area contributed by atoms with Gasteiger partial charge >= 0.3 is 11.9 Å². The minimum Gasteiger partial charge on any atom is -0.469 e. The molecule has 0 radical (unpaired) electrons. The molecule has 3 N–H and O–H groups in total. The van der Waals surface area contributed by atoms with Crippen LogP contribution >= 0.6 is 0 Å². The summed E-state index contributed by atoms with van der Waals surface area (Å²) in [5.74, 6) is -1.80. The van der Waals surface area contributed by atoms with Gasteiger partial charge in [0.2, 0.25) is 0 Å². The maximum Gasteiger partial charge on any atom is 0.308 e. The number of benzene rings is 2. The van der Waals surface area contributed by atoms with Gasteiger partial charge in [-0.3, -0.25) is 14.4 Å². The van der Waals surface area contributed by atoms with Crippen molar-refractivity contribution in [3.05, 3.63) is 71.8 Å². The molecule has 45 heavy (non-hydrogen) atoms. The van der Waals surface area contributed by atoms with Crippen LogP contribution in [0.2, 0.25) is 0 Å². The number of methoxy groups -OCH3 is 1. The van der Waals surface area contributed by atoms with Crippen LogP contribution in [0, 0.1) is 5.82 Å². The van der Waals surface area contributed by atoms with Gasteiger partial charge in [0.1, 0.15) is 17.1 Å². The maximum absolute atomic E-state index is 14.1. The zero-order valence-electron chi connectivity index (χ0n) is 26.9. The highest BCUT2D eigenvalue weighted by Gasteiger charge is 2.30. The molecule has 9 nitrogen and oxygen atoms in total. The van der Waals surface area contributed by atoms with Crippen LogP contribution in [0.5, 0.6) is 0 Å². The van der Waals surface area contributed by atoms with E-state index in [0.717, 1.165) is 16.8 Å². The molecule has 0 saturated carbocycles. The molecule has 0 fully saturated rings. The highest BCUT2D eigenvalue weighted by molar-refractivity contribution is 6.05. The number of amides is 1. The van der Waals surface area contributed by atoms with Gasteiger partial charge in [0.25, 0.3) is 5.91 Å². The lowest BCUT2D eigenvalue weighted by Gasteiger charge is -2.20. The van der Waals surface area contributed by atoms with E-state index in [1.807, 2.05) is 48.7 Å². The smallest absolute Gasteiger partial charge is 0.308 e. The molecule has 244 valence electrons. The molecule has 0 unspecified atom stereocenters. The number of hydrogen-bond acceptors (Lipinski definition) is 7. The summed E-state index contributed by atoms with van der Waals surface area (Å²) in [5.41, 5.74) is 3.28. The van der Waals surface area contributed by atoms with Crippen molar-refractivity contribution in [2.45, 2.75) is 90.6 Å². The number of halogens is 1. The van der Waals surface area contributed by atoms with Crippen LogP contribution in [-0.2, 0) is 25.5 Å². The summed E-state index contributed by atoms with van der Waals surface area (Å²) in [4.78, 5) is 37.9. The molecule has 0 aliphatic rings. The van der Waals surface area contributed by atoms with Gasteiger partial charge in [0.05, 0.1) is 32.2 Å². The van der Waals surface area contributed by atoms with Crippen LogP contribution < -0.4 is 5.32 Å². The SMILES string of the molecule is COC(=O)C[C@H](O)C[C@H](O)CCc1c(-c2ccc(F)cc2)c(-c2ccccc2)c(C(=O)NCCC(=O)OC(C)(C)C)n1C(C)C. The van der Waals surface area contributed by atoms with E-state index in [0.29, 0.717) is 23.2 Å². The van der Waals surface area contributed by atoms with Crippen molar-refractivity contribution in [1.82, 2.24) is 9.88 Å². The molecule has 2 atom stereocenters. The second-order valence-corrected chi connectivity index (χ2v) is 12.3. The van der Waals surface area contributed by atoms with E-state index in [1.54, 1.807) is 32.9 Å². The van der Waals surface area contributed by atoms with Gasteiger partial charge in [-0.1, -0.05) is 42.5 Å². The third-order valence-electron chi connectivity index (χ3n) is 7.16. The second kappa shape index (κ2) is 15.8. The third-order valence-corrected chi connectivity index (χ3v) is 7.16. The quantitative estimate of drug-likeness (QED) is 0.199. The molecule has 0 aliphatic carbocycles. The van der Waals surface area contributed by atoms with Gasteiger partial charge < -0.3 is 29.6 Å². The standard InChI is InChI=1S/C35H45FN2O7/c1-22(2)38-28(17-16-26(39)20-27(40)21-30(42)44-6)31(24-12-14-25(36)15-13-24)32(23-10-8-7-9-11-23)33(38)34(43)37-19-18-29(41)45-35(3,4)5/h7-15,22,26-27,39-40H,16-21H2,1-6H3,(H,37,43)/t26-,27-/m1/s1. The van der Waals surface area contributed by atoms with Crippen molar-refractivity contribution < 1.29 is 38.5 Å². The number of aliphatic hydroxyl groups excluding tert-OH is 2. The van der Waals surface area contributed by atoms with Crippen molar-refractivity contribution >= 4 is 17.8 Å². The van der Waals surface area contributed by atoms with Gasteiger partial charge in [0.15, 0.2) is 0 Å². The predicted molar refractivity (Wildman–Crippen MR) is 170 cm³/mol. The molecule has 1 amide bonds. The average Bonchev–Trinajstić information content (AvgIpc) is 3.31. The minimum atomic E-state index is -1.08. The van der Waals surface area contributed by atoms with E-state index in [4.69, 9.17) is 4.74 Å². The van der Waals surface area contributed by atoms with E-state index in [2.05, 4.69) is 10.1 Å². The van der Waals surface area contributed by atoms with E-state index in [1.165, 1.54) is 19.2 Å². The van der Waals surface area contributed by atoms with Gasteiger partial charge in [-0.25, -0.2) is 4.39 Å². The Labute approximate surface area is 264 Å². The fourth-order valence-electron chi connectivity index (χ4n) is 5.34. The highest BCUT2D eigenvalue weighted by Crippen LogP contribution is 2.42. The molecule has 3 rings (SSSR count). The Morgan fingerprint density at radius 3 is 2.11 bits per heavy atom. The summed E-state index contributed by atoms with van der Waals surface area (Å²) in [6, 6.07) is 15.2. The Hall–Kier alpha value is -4.02. The zero-order chi connectivity index (χ0) is 33.3. The molecule has 0 spiro atoms. The van der Waals surface area contributed by atoms with Crippen LogP contribution in [0.3, 0.4) is 0 Å². The van der Waals surface area contributed by atoms with E-state index < -0.39 is 41.5 Å². The lowest BCUT2D eigenvalue weighted by molar-refractivity contribution is -0.154. The highest BCUT2D eigenvalue weighted by atomic mass is 19.1. The largest absolute Gasteiger partial charge is 0.469 e. The summed E-state index contributed by atoms with van der Waals surface area (Å²) in [6.07, 6.45) is -1.78. The Morgan fingerprint density at radius 1 is 0.911 bits per heavy atom. The third kappa shape index (κ3) is 9.99. The molecule has 1 heterocycles. The number of esters is 2. The predicted octanol–water partition coefficient (Wildman–Crippen LogP) is 5.61. The molecule has 10 heteroatoms. The first kappa shape index (κ1) is 35.5. The topological polar surface area (TPSA) is 127 Å². The van der Waals surface area contributed by atoms with Crippen LogP contribution in [0.4, 0.5) is 4.39 Å². The van der Waals surface area contributed by atoms with Crippen molar-refractivity contribution in [3.63, 3.8) is 0 Å². The zero-order valence-corrected chi connectivity index (χ0v) is 26.9. The van der Waals surface area contributed by atoms with Crippen LogP contribution in [0.1, 0.15) is 82.5 Å². The van der Waals surface area contributed by atoms with Gasteiger partial charge in [-0.05, 0) is 77.1 Å². The van der Waals surface area contributed by atoms with E-state index >= 15 is 0 Å². The number of carbonyl (C=O) groups is 3. The van der Waals surface area contributed by atoms with Crippen LogP contribution in [0.15, 0.2) is 54.6 Å². The second-order valence-electron chi connectivity index (χ2n) is 12.3. The van der Waals surface area contributed by atoms with Gasteiger partial charge in [-0.2, -0.15) is 0 Å². The first-order chi connectivity index (χ1) is 21.2. The molecule has 1 aromatic heterocycles. The number of ether oxygens (including phenoxy) is 2. The van der Waals surface area contributed by atoms with E-state index in [-0.39, 0.29) is 38.3 Å². The summed E-state index contributed by atoms with van der Waals surface area (Å²) < 4.78 is 26.0.